The van der Waals surface area contributed by atoms with E-state index >= 15 is 0 Å². The van der Waals surface area contributed by atoms with Crippen molar-refractivity contribution in [3.8, 4) is 0 Å². The highest BCUT2D eigenvalue weighted by Crippen LogP contribution is 2.13. The molecule has 0 radical (unpaired) electrons. The minimum Gasteiger partial charge on any atom is -1.00 e. The van der Waals surface area contributed by atoms with Crippen molar-refractivity contribution in [1.29, 1.82) is 0 Å². The highest BCUT2D eigenvalue weighted by molar-refractivity contribution is 8.93. The van der Waals surface area contributed by atoms with Gasteiger partial charge in [0.25, 0.3) is 0 Å². The molecular formula is C13H19Br2N2+. The third-order valence-electron chi connectivity index (χ3n) is 2.79. The first kappa shape index (κ1) is 16.6. The van der Waals surface area contributed by atoms with Gasteiger partial charge in [0.15, 0.2) is 12.7 Å². The van der Waals surface area contributed by atoms with E-state index in [1.54, 1.807) is 0 Å². The summed E-state index contributed by atoms with van der Waals surface area (Å²) in [7, 11) is 0. The molecule has 3 N–H and O–H groups in total. The van der Waals surface area contributed by atoms with Crippen molar-refractivity contribution in [3.05, 3.63) is 42.1 Å². The first-order valence-corrected chi connectivity index (χ1v) is 5.50. The number of quaternary nitrogens is 1. The van der Waals surface area contributed by atoms with Gasteiger partial charge in [-0.15, -0.1) is 17.0 Å². The van der Waals surface area contributed by atoms with Crippen LogP contribution in [0, 0.1) is 6.92 Å². The predicted octanol–water partition coefficient (Wildman–Crippen LogP) is -1.35. The van der Waals surface area contributed by atoms with E-state index in [1.807, 2.05) is 0 Å². The molecule has 0 aliphatic carbocycles. The third kappa shape index (κ3) is 3.76. The molecule has 0 saturated heterocycles. The van der Waals surface area contributed by atoms with Gasteiger partial charge in [-0.25, -0.2) is 0 Å². The van der Waals surface area contributed by atoms with Crippen LogP contribution in [0.3, 0.4) is 0 Å². The quantitative estimate of drug-likeness (QED) is 0.655. The maximum Gasteiger partial charge on any atom is 0.212 e. The normalized spacial score (nSPS) is 9.53. The van der Waals surface area contributed by atoms with Crippen LogP contribution in [-0.2, 0) is 6.54 Å². The average Bonchev–Trinajstić information content (AvgIpc) is 2.29. The monoisotopic (exact) mass is 361 g/mol. The summed E-state index contributed by atoms with van der Waals surface area (Å²) in [6.45, 7) is 4.22. The second-order valence-electron chi connectivity index (χ2n) is 3.92. The van der Waals surface area contributed by atoms with Crippen molar-refractivity contribution < 1.29 is 27.3 Å². The fraction of sp³-hybridized carbons (Fsp3) is 0.308. The zero-order chi connectivity index (χ0) is 10.7. The first-order valence-electron chi connectivity index (χ1n) is 5.50. The molecule has 1 aromatic heterocycles. The van der Waals surface area contributed by atoms with Gasteiger partial charge >= 0.3 is 0 Å². The van der Waals surface area contributed by atoms with Gasteiger partial charge in [0.1, 0.15) is 0 Å². The Kier molecular flexibility index (Phi) is 7.59. The van der Waals surface area contributed by atoms with Crippen LogP contribution in [0.4, 0.5) is 0 Å². The van der Waals surface area contributed by atoms with Crippen LogP contribution in [0.25, 0.3) is 10.9 Å². The van der Waals surface area contributed by atoms with Crippen molar-refractivity contribution in [1.82, 2.24) is 0 Å². The molecule has 1 heterocycles. The summed E-state index contributed by atoms with van der Waals surface area (Å²) in [6.07, 6.45) is 3.31. The van der Waals surface area contributed by atoms with E-state index in [1.165, 1.54) is 16.5 Å². The average molecular weight is 363 g/mol. The summed E-state index contributed by atoms with van der Waals surface area (Å²) >= 11 is 0. The molecule has 0 unspecified atom stereocenters. The molecule has 0 aliphatic heterocycles. The van der Waals surface area contributed by atoms with E-state index in [0.717, 1.165) is 19.5 Å². The molecule has 4 heteroatoms. The summed E-state index contributed by atoms with van der Waals surface area (Å²) in [4.78, 5) is 0. The van der Waals surface area contributed by atoms with Gasteiger partial charge in [-0.3, -0.25) is 0 Å². The van der Waals surface area contributed by atoms with Gasteiger partial charge in [-0.2, -0.15) is 4.57 Å². The van der Waals surface area contributed by atoms with Crippen LogP contribution in [0.5, 0.6) is 0 Å². The maximum atomic E-state index is 3.89. The lowest BCUT2D eigenvalue weighted by Crippen LogP contribution is -3.00. The predicted molar refractivity (Wildman–Crippen MR) is 71.6 cm³/mol. The molecule has 0 aliphatic rings. The molecule has 0 spiro atoms. The standard InChI is InChI=1S/C13H17N2.2BrH/c1-11-7-10-15(9-4-8-14)13-6-3-2-5-12(11)13;;/h2-3,5-7,10H,4,8-9,14H2,1H3;2*1H/q+1;;. The van der Waals surface area contributed by atoms with Crippen molar-refractivity contribution in [2.24, 2.45) is 0 Å². The Morgan fingerprint density at radius 1 is 1.18 bits per heavy atom. The van der Waals surface area contributed by atoms with E-state index in [0.29, 0.717) is 0 Å². The minimum absolute atomic E-state index is 0. The summed E-state index contributed by atoms with van der Waals surface area (Å²) in [5.74, 6) is 0. The number of halogens is 2. The van der Waals surface area contributed by atoms with Crippen molar-refractivity contribution in [2.45, 2.75) is 19.9 Å². The van der Waals surface area contributed by atoms with E-state index in [9.17, 15) is 0 Å². The number of rotatable bonds is 3. The lowest BCUT2D eigenvalue weighted by molar-refractivity contribution is -0.674. The molecule has 1 aromatic carbocycles. The number of aryl methyl sites for hydroxylation is 2. The van der Waals surface area contributed by atoms with E-state index in [-0.39, 0.29) is 34.0 Å². The number of hydrogen-bond donors (Lipinski definition) is 1. The Labute approximate surface area is 123 Å². The minimum atomic E-state index is 0. The van der Waals surface area contributed by atoms with Gasteiger partial charge in [0, 0.05) is 17.5 Å². The highest BCUT2D eigenvalue weighted by Gasteiger charge is 2.08. The van der Waals surface area contributed by atoms with Crippen LogP contribution >= 0.6 is 17.0 Å². The zero-order valence-corrected chi connectivity index (χ0v) is 13.3. The lowest BCUT2D eigenvalue weighted by atomic mass is 10.1. The van der Waals surface area contributed by atoms with Gasteiger partial charge in [-0.1, -0.05) is 12.1 Å². The second-order valence-corrected chi connectivity index (χ2v) is 3.92. The smallest absolute Gasteiger partial charge is 0.212 e. The number of hydrogen-bond acceptors (Lipinski definition) is 0. The second kappa shape index (κ2) is 7.80. The number of aromatic nitrogens is 1. The molecule has 0 amide bonds. The SMILES string of the molecule is Br.Cc1cc[n+](CCC[NH3+])c2ccccc12.[Br-]. The number of nitrogens with zero attached hydrogens (tertiary/aromatic N) is 1. The number of benzene rings is 1. The molecule has 0 fully saturated rings. The Morgan fingerprint density at radius 3 is 2.59 bits per heavy atom. The fourth-order valence-corrected chi connectivity index (χ4v) is 1.91. The maximum absolute atomic E-state index is 3.89. The Morgan fingerprint density at radius 2 is 1.88 bits per heavy atom. The molecule has 2 nitrogen and oxygen atoms in total. The van der Waals surface area contributed by atoms with Gasteiger partial charge < -0.3 is 22.7 Å². The Hall–Kier alpha value is -0.450. The summed E-state index contributed by atoms with van der Waals surface area (Å²) < 4.78 is 2.31. The molecule has 0 saturated carbocycles. The van der Waals surface area contributed by atoms with Crippen LogP contribution in [0.1, 0.15) is 12.0 Å². The third-order valence-corrected chi connectivity index (χ3v) is 2.79. The summed E-state index contributed by atoms with van der Waals surface area (Å²) in [6, 6.07) is 10.8. The van der Waals surface area contributed by atoms with Crippen molar-refractivity contribution in [2.75, 3.05) is 6.54 Å². The van der Waals surface area contributed by atoms with Gasteiger partial charge in [0.05, 0.1) is 13.0 Å². The van der Waals surface area contributed by atoms with Gasteiger partial charge in [0.2, 0.25) is 5.52 Å². The summed E-state index contributed by atoms with van der Waals surface area (Å²) in [5.41, 5.74) is 6.55. The molecule has 0 bridgehead atoms. The van der Waals surface area contributed by atoms with Crippen LogP contribution in [0.2, 0.25) is 0 Å². The van der Waals surface area contributed by atoms with E-state index < -0.39 is 0 Å². The Bertz CT molecular complexity index is 472. The molecule has 2 rings (SSSR count). The van der Waals surface area contributed by atoms with E-state index in [4.69, 9.17) is 0 Å². The first-order chi connectivity index (χ1) is 7.33. The van der Waals surface area contributed by atoms with Crippen LogP contribution in [0.15, 0.2) is 36.5 Å². The molecule has 2 aromatic rings. The molecule has 94 valence electrons. The lowest BCUT2D eigenvalue weighted by Gasteiger charge is -2.02. The Balaban J connectivity index is 0.00000128. The van der Waals surface area contributed by atoms with Crippen molar-refractivity contribution in [3.63, 3.8) is 0 Å². The number of pyridine rings is 1. The fourth-order valence-electron chi connectivity index (χ4n) is 1.91. The van der Waals surface area contributed by atoms with Gasteiger partial charge in [-0.05, 0) is 18.6 Å². The highest BCUT2D eigenvalue weighted by atomic mass is 79.9. The van der Waals surface area contributed by atoms with Crippen LogP contribution < -0.4 is 27.3 Å². The number of fused-ring (bicyclic) bond motifs is 1. The molecule has 0 atom stereocenters. The zero-order valence-electron chi connectivity index (χ0n) is 10.0. The molecule has 17 heavy (non-hydrogen) atoms. The van der Waals surface area contributed by atoms with Crippen LogP contribution in [-0.4, -0.2) is 6.54 Å². The van der Waals surface area contributed by atoms with E-state index in [2.05, 4.69) is 53.8 Å². The number of para-hydroxylation sites is 1. The van der Waals surface area contributed by atoms with Crippen molar-refractivity contribution >= 4 is 27.9 Å². The molecular weight excluding hydrogens is 344 g/mol. The summed E-state index contributed by atoms with van der Waals surface area (Å²) in [5, 5.41) is 1.35. The topological polar surface area (TPSA) is 31.5 Å². The largest absolute Gasteiger partial charge is 1.00 e.